The molecule has 0 saturated carbocycles. The van der Waals surface area contributed by atoms with Gasteiger partial charge >= 0.3 is 5.97 Å². The van der Waals surface area contributed by atoms with Crippen molar-refractivity contribution in [3.05, 3.63) is 11.3 Å². The molecule has 3 N–H and O–H groups in total. The number of carboxylic acids is 1. The monoisotopic (exact) mass is 286 g/mol. The Balaban J connectivity index is 2.33. The fourth-order valence-electron chi connectivity index (χ4n) is 2.33. The van der Waals surface area contributed by atoms with Gasteiger partial charge in [0.2, 0.25) is 5.91 Å². The zero-order chi connectivity index (χ0) is 14.4. The van der Waals surface area contributed by atoms with E-state index in [1.807, 2.05) is 14.1 Å². The average molecular weight is 286 g/mol. The number of β-lactam (4-membered cyclic amide) rings is 1. The number of carbonyl (C=O) groups excluding carboxylic acids is 1. The van der Waals surface area contributed by atoms with E-state index in [9.17, 15) is 14.7 Å². The van der Waals surface area contributed by atoms with Crippen LogP contribution in [0.25, 0.3) is 0 Å². The van der Waals surface area contributed by atoms with Gasteiger partial charge < -0.3 is 15.3 Å². The maximum absolute atomic E-state index is 11.8. The number of nitrogens with zero attached hydrogens (tertiary/aromatic N) is 2. The second-order valence-corrected chi connectivity index (χ2v) is 6.71. The number of hydrogen-bond acceptors (Lipinski definition) is 4. The molecule has 0 aromatic carbocycles. The number of rotatable bonds is 4. The molecule has 106 valence electrons. The highest BCUT2D eigenvalue weighted by Crippen LogP contribution is 2.39. The highest BCUT2D eigenvalue weighted by molar-refractivity contribution is 8.00. The van der Waals surface area contributed by atoms with E-state index in [-0.39, 0.29) is 17.0 Å². The molecule has 1 fully saturated rings. The van der Waals surface area contributed by atoms with Crippen LogP contribution < -0.4 is 5.73 Å². The summed E-state index contributed by atoms with van der Waals surface area (Å²) in [4.78, 5) is 24.6. The minimum atomic E-state index is -1.03. The Hall–Kier alpha value is -1.05. The lowest BCUT2D eigenvalue weighted by molar-refractivity contribution is -0.883. The first-order chi connectivity index (χ1) is 8.78. The molecule has 2 unspecified atom stereocenters. The van der Waals surface area contributed by atoms with Crippen molar-refractivity contribution in [2.24, 2.45) is 5.73 Å². The lowest BCUT2D eigenvalue weighted by atomic mass is 10.0. The summed E-state index contributed by atoms with van der Waals surface area (Å²) in [6.45, 7) is 3.60. The second kappa shape index (κ2) is 4.81. The third-order valence-corrected chi connectivity index (χ3v) is 5.13. The average Bonchev–Trinajstić information content (AvgIpc) is 2.36. The molecule has 2 rings (SSSR count). The van der Waals surface area contributed by atoms with Crippen molar-refractivity contribution in [1.82, 2.24) is 4.90 Å². The molecular formula is C12H20N3O3S+. The summed E-state index contributed by atoms with van der Waals surface area (Å²) in [6.07, 6.45) is 0. The highest BCUT2D eigenvalue weighted by Gasteiger charge is 2.52. The van der Waals surface area contributed by atoms with E-state index in [2.05, 4.69) is 6.92 Å². The second-order valence-electron chi connectivity index (χ2n) is 5.60. The molecule has 0 aliphatic carbocycles. The van der Waals surface area contributed by atoms with Crippen molar-refractivity contribution in [1.29, 1.82) is 0 Å². The van der Waals surface area contributed by atoms with Crippen molar-refractivity contribution >= 4 is 23.6 Å². The lowest BCUT2D eigenvalue weighted by Gasteiger charge is -2.48. The van der Waals surface area contributed by atoms with Crippen molar-refractivity contribution in [3.8, 4) is 0 Å². The Labute approximate surface area is 116 Å². The maximum atomic E-state index is 11.8. The van der Waals surface area contributed by atoms with Crippen molar-refractivity contribution in [3.63, 3.8) is 0 Å². The van der Waals surface area contributed by atoms with E-state index >= 15 is 0 Å². The quantitative estimate of drug-likeness (QED) is 0.546. The highest BCUT2D eigenvalue weighted by atomic mass is 32.2. The van der Waals surface area contributed by atoms with E-state index in [4.69, 9.17) is 5.73 Å². The number of aliphatic carboxylic acids is 1. The van der Waals surface area contributed by atoms with E-state index in [0.717, 1.165) is 12.1 Å². The van der Waals surface area contributed by atoms with Crippen molar-refractivity contribution in [2.75, 3.05) is 32.9 Å². The molecule has 2 aliphatic heterocycles. The molecule has 0 aromatic rings. The summed E-state index contributed by atoms with van der Waals surface area (Å²) < 4.78 is 0.700. The van der Waals surface area contributed by atoms with Crippen LogP contribution in [0.1, 0.15) is 6.92 Å². The van der Waals surface area contributed by atoms with Gasteiger partial charge in [-0.1, -0.05) is 0 Å². The standard InChI is InChI=1S/C12H19N3O3S/c1-4-15(2,3)5-7-6-19-11-8(13)10(16)14(11)9(7)12(17)18/h8,11H,4-6,13H2,1-3H3/p+1. The van der Waals surface area contributed by atoms with Crippen LogP contribution >= 0.6 is 11.8 Å². The normalized spacial score (nSPS) is 27.2. The van der Waals surface area contributed by atoms with Crippen molar-refractivity contribution in [2.45, 2.75) is 18.3 Å². The van der Waals surface area contributed by atoms with Gasteiger partial charge in [-0.15, -0.1) is 11.8 Å². The van der Waals surface area contributed by atoms with Gasteiger partial charge in [-0.2, -0.15) is 0 Å². The van der Waals surface area contributed by atoms with Crippen molar-refractivity contribution < 1.29 is 19.2 Å². The fraction of sp³-hybridized carbons (Fsp3) is 0.667. The number of thioether (sulfide) groups is 1. The molecule has 0 aromatic heterocycles. The number of carbonyl (C=O) groups is 2. The molecular weight excluding hydrogens is 266 g/mol. The predicted octanol–water partition coefficient (Wildman–Crippen LogP) is -0.336. The predicted molar refractivity (Wildman–Crippen MR) is 73.2 cm³/mol. The number of fused-ring (bicyclic) bond motifs is 1. The minimum Gasteiger partial charge on any atom is -0.477 e. The van der Waals surface area contributed by atoms with Crippen LogP contribution in [0, 0.1) is 0 Å². The molecule has 0 bridgehead atoms. The molecule has 0 spiro atoms. The molecule has 2 heterocycles. The number of quaternary nitrogens is 1. The minimum absolute atomic E-state index is 0.148. The zero-order valence-electron chi connectivity index (χ0n) is 11.4. The molecule has 2 atom stereocenters. The van der Waals surface area contributed by atoms with Gasteiger partial charge in [0.25, 0.3) is 0 Å². The summed E-state index contributed by atoms with van der Waals surface area (Å²) in [5.74, 6) is -0.684. The van der Waals surface area contributed by atoms with Crippen LogP contribution in [0.15, 0.2) is 11.3 Å². The van der Waals surface area contributed by atoms with Gasteiger partial charge in [0.15, 0.2) is 0 Å². The van der Waals surface area contributed by atoms with Gasteiger partial charge in [0.05, 0.1) is 20.6 Å². The van der Waals surface area contributed by atoms with Crippen LogP contribution in [-0.2, 0) is 9.59 Å². The summed E-state index contributed by atoms with van der Waals surface area (Å²) in [5.41, 5.74) is 6.67. The SMILES string of the molecule is CC[N+](C)(C)CC1=C(C(=O)O)N2C(=O)C(N)C2SC1. The third-order valence-electron chi connectivity index (χ3n) is 3.77. The van der Waals surface area contributed by atoms with E-state index in [1.54, 1.807) is 11.8 Å². The number of hydrogen-bond donors (Lipinski definition) is 2. The molecule has 0 radical (unpaired) electrons. The summed E-state index contributed by atoms with van der Waals surface area (Å²) in [5, 5.41) is 9.19. The Kier molecular flexibility index (Phi) is 3.63. The van der Waals surface area contributed by atoms with E-state index in [1.165, 1.54) is 4.90 Å². The molecule has 6 nitrogen and oxygen atoms in total. The largest absolute Gasteiger partial charge is 0.477 e. The van der Waals surface area contributed by atoms with Crippen LogP contribution in [0.2, 0.25) is 0 Å². The molecule has 7 heteroatoms. The Morgan fingerprint density at radius 1 is 1.58 bits per heavy atom. The number of likely N-dealkylation sites (N-methyl/N-ethyl adjacent to an activating group) is 1. The summed E-state index contributed by atoms with van der Waals surface area (Å²) in [6, 6.07) is -0.561. The van der Waals surface area contributed by atoms with E-state index < -0.39 is 12.0 Å². The Bertz CT molecular complexity index is 461. The van der Waals surface area contributed by atoms with Crippen LogP contribution in [0.4, 0.5) is 0 Å². The van der Waals surface area contributed by atoms with Gasteiger partial charge in [-0.25, -0.2) is 4.79 Å². The number of nitrogens with two attached hydrogens (primary N) is 1. The molecule has 1 amide bonds. The Morgan fingerprint density at radius 3 is 2.74 bits per heavy atom. The number of amides is 1. The molecule has 19 heavy (non-hydrogen) atoms. The van der Waals surface area contributed by atoms with Gasteiger partial charge in [-0.05, 0) is 6.92 Å². The maximum Gasteiger partial charge on any atom is 0.352 e. The third kappa shape index (κ3) is 2.37. The first-order valence-corrected chi connectivity index (χ1v) is 7.31. The van der Waals surface area contributed by atoms with Crippen LogP contribution in [0.3, 0.4) is 0 Å². The molecule has 1 saturated heterocycles. The first-order valence-electron chi connectivity index (χ1n) is 6.26. The lowest BCUT2D eigenvalue weighted by Crippen LogP contribution is -2.68. The van der Waals surface area contributed by atoms with Gasteiger partial charge in [-0.3, -0.25) is 9.69 Å². The fourth-order valence-corrected chi connectivity index (χ4v) is 3.61. The van der Waals surface area contributed by atoms with E-state index in [0.29, 0.717) is 16.8 Å². The van der Waals surface area contributed by atoms with Gasteiger partial charge in [0.1, 0.15) is 23.7 Å². The summed E-state index contributed by atoms with van der Waals surface area (Å²) >= 11 is 1.55. The zero-order valence-corrected chi connectivity index (χ0v) is 12.2. The van der Waals surface area contributed by atoms with Crippen LogP contribution in [0.5, 0.6) is 0 Å². The number of carboxylic acid groups (broad SMARTS) is 1. The molecule has 2 aliphatic rings. The Morgan fingerprint density at radius 2 is 2.21 bits per heavy atom. The first kappa shape index (κ1) is 14.4. The smallest absolute Gasteiger partial charge is 0.352 e. The van der Waals surface area contributed by atoms with Crippen LogP contribution in [-0.4, -0.2) is 70.7 Å². The van der Waals surface area contributed by atoms with Gasteiger partial charge in [0, 0.05) is 11.3 Å². The summed E-state index contributed by atoms with van der Waals surface area (Å²) in [7, 11) is 4.10. The topological polar surface area (TPSA) is 83.6 Å².